The molecule has 1 N–H and O–H groups in total. The number of aryl methyl sites for hydroxylation is 1. The Balaban J connectivity index is 2.34. The first kappa shape index (κ1) is 16.3. The topological polar surface area (TPSA) is 21.3 Å². The zero-order valence-corrected chi connectivity index (χ0v) is 14.4. The summed E-state index contributed by atoms with van der Waals surface area (Å²) in [4.78, 5) is 2.75. The molecule has 1 aromatic heterocycles. The number of rotatable bonds is 7. The average molecular weight is 324 g/mol. The van der Waals surface area contributed by atoms with Gasteiger partial charge in [-0.3, -0.25) is 0 Å². The van der Waals surface area contributed by atoms with Crippen LogP contribution in [0, 0.1) is 0 Å². The van der Waals surface area contributed by atoms with Crippen LogP contribution in [0.5, 0.6) is 5.75 Å². The number of thiophene rings is 1. The number of benzene rings is 1. The Morgan fingerprint density at radius 3 is 2.67 bits per heavy atom. The molecule has 0 aliphatic rings. The quantitative estimate of drug-likeness (QED) is 0.768. The summed E-state index contributed by atoms with van der Waals surface area (Å²) in [7, 11) is 1.65. The van der Waals surface area contributed by atoms with Crippen molar-refractivity contribution in [1.29, 1.82) is 0 Å². The van der Waals surface area contributed by atoms with Crippen LogP contribution in [-0.4, -0.2) is 13.7 Å². The highest BCUT2D eigenvalue weighted by atomic mass is 35.5. The molecule has 21 heavy (non-hydrogen) atoms. The molecular weight excluding hydrogens is 302 g/mol. The molecule has 1 heterocycles. The van der Waals surface area contributed by atoms with Gasteiger partial charge in [-0.1, -0.05) is 31.5 Å². The summed E-state index contributed by atoms with van der Waals surface area (Å²) in [6, 6.07) is 10.6. The highest BCUT2D eigenvalue weighted by Gasteiger charge is 2.17. The highest BCUT2D eigenvalue weighted by Crippen LogP contribution is 2.33. The monoisotopic (exact) mass is 323 g/mol. The molecule has 2 nitrogen and oxygen atoms in total. The zero-order valence-electron chi connectivity index (χ0n) is 12.8. The van der Waals surface area contributed by atoms with Gasteiger partial charge in [0, 0.05) is 9.75 Å². The van der Waals surface area contributed by atoms with E-state index in [1.807, 2.05) is 23.5 Å². The van der Waals surface area contributed by atoms with Crippen LogP contribution in [-0.2, 0) is 6.42 Å². The lowest BCUT2D eigenvalue weighted by Crippen LogP contribution is -2.22. The van der Waals surface area contributed by atoms with E-state index in [0.29, 0.717) is 5.02 Å². The van der Waals surface area contributed by atoms with Gasteiger partial charge in [-0.25, -0.2) is 0 Å². The lowest BCUT2D eigenvalue weighted by atomic mass is 10.0. The van der Waals surface area contributed by atoms with Crippen LogP contribution in [0.4, 0.5) is 0 Å². The van der Waals surface area contributed by atoms with Crippen LogP contribution in [0.3, 0.4) is 0 Å². The van der Waals surface area contributed by atoms with Gasteiger partial charge in [-0.15, -0.1) is 11.3 Å². The number of methoxy groups -OCH3 is 1. The third-order valence-corrected chi connectivity index (χ3v) is 5.03. The first-order chi connectivity index (χ1) is 10.2. The van der Waals surface area contributed by atoms with Crippen LogP contribution in [0.25, 0.3) is 0 Å². The van der Waals surface area contributed by atoms with Crippen molar-refractivity contribution in [2.75, 3.05) is 13.7 Å². The number of nitrogens with one attached hydrogen (secondary N) is 1. The van der Waals surface area contributed by atoms with Crippen molar-refractivity contribution in [2.45, 2.75) is 32.7 Å². The standard InChI is InChI=1S/C17H22ClNOS/c1-4-10-19-17(16-9-7-13(5-2)21-16)12-6-8-14(18)15(11-12)20-3/h6-9,11,17,19H,4-5,10H2,1-3H3. The molecule has 0 fully saturated rings. The summed E-state index contributed by atoms with van der Waals surface area (Å²) in [5.74, 6) is 0.727. The van der Waals surface area contributed by atoms with Gasteiger partial charge in [0.15, 0.2) is 0 Å². The molecule has 0 amide bonds. The fourth-order valence-electron chi connectivity index (χ4n) is 2.27. The van der Waals surface area contributed by atoms with Gasteiger partial charge in [0.1, 0.15) is 5.75 Å². The Kier molecular flexibility index (Phi) is 6.09. The predicted molar refractivity (Wildman–Crippen MR) is 91.8 cm³/mol. The maximum Gasteiger partial charge on any atom is 0.137 e. The van der Waals surface area contributed by atoms with E-state index in [-0.39, 0.29) is 6.04 Å². The molecule has 4 heteroatoms. The summed E-state index contributed by atoms with van der Waals surface area (Å²) in [6.45, 7) is 5.35. The molecule has 0 aliphatic carbocycles. The smallest absolute Gasteiger partial charge is 0.137 e. The van der Waals surface area contributed by atoms with Gasteiger partial charge in [0.05, 0.1) is 18.2 Å². The van der Waals surface area contributed by atoms with Crippen molar-refractivity contribution < 1.29 is 4.74 Å². The van der Waals surface area contributed by atoms with Crippen molar-refractivity contribution >= 4 is 22.9 Å². The first-order valence-electron chi connectivity index (χ1n) is 7.35. The van der Waals surface area contributed by atoms with E-state index in [4.69, 9.17) is 16.3 Å². The van der Waals surface area contributed by atoms with Gasteiger partial charge >= 0.3 is 0 Å². The third kappa shape index (κ3) is 4.00. The highest BCUT2D eigenvalue weighted by molar-refractivity contribution is 7.12. The number of halogens is 1. The molecule has 1 aromatic carbocycles. The molecular formula is C17H22ClNOS. The van der Waals surface area contributed by atoms with E-state index < -0.39 is 0 Å². The summed E-state index contributed by atoms with van der Waals surface area (Å²) < 4.78 is 5.35. The summed E-state index contributed by atoms with van der Waals surface area (Å²) in [6.07, 6.45) is 2.18. The molecule has 114 valence electrons. The molecule has 0 aliphatic heterocycles. The second-order valence-electron chi connectivity index (χ2n) is 4.94. The molecule has 2 aromatic rings. The lowest BCUT2D eigenvalue weighted by molar-refractivity contribution is 0.414. The Bertz CT molecular complexity index is 582. The second kappa shape index (κ2) is 7.83. The van der Waals surface area contributed by atoms with Gasteiger partial charge < -0.3 is 10.1 Å². The fourth-order valence-corrected chi connectivity index (χ4v) is 3.52. The Morgan fingerprint density at radius 2 is 2.05 bits per heavy atom. The minimum Gasteiger partial charge on any atom is -0.495 e. The first-order valence-corrected chi connectivity index (χ1v) is 8.54. The molecule has 0 saturated carbocycles. The van der Waals surface area contributed by atoms with Gasteiger partial charge in [0.2, 0.25) is 0 Å². The van der Waals surface area contributed by atoms with Crippen molar-refractivity contribution in [3.05, 3.63) is 50.7 Å². The van der Waals surface area contributed by atoms with Crippen LogP contribution in [0.1, 0.15) is 41.6 Å². The van der Waals surface area contributed by atoms with E-state index in [2.05, 4.69) is 37.4 Å². The maximum atomic E-state index is 6.14. The van der Waals surface area contributed by atoms with E-state index in [9.17, 15) is 0 Å². The molecule has 1 unspecified atom stereocenters. The maximum absolute atomic E-state index is 6.14. The van der Waals surface area contributed by atoms with Crippen LogP contribution in [0.15, 0.2) is 30.3 Å². The van der Waals surface area contributed by atoms with Gasteiger partial charge in [-0.2, -0.15) is 0 Å². The SMILES string of the molecule is CCCNC(c1ccc(Cl)c(OC)c1)c1ccc(CC)s1. The van der Waals surface area contributed by atoms with E-state index in [1.54, 1.807) is 7.11 Å². The minimum absolute atomic E-state index is 0.196. The molecule has 0 bridgehead atoms. The van der Waals surface area contributed by atoms with Crippen LogP contribution in [0.2, 0.25) is 5.02 Å². The fraction of sp³-hybridized carbons (Fsp3) is 0.412. The summed E-state index contributed by atoms with van der Waals surface area (Å²) in [5.41, 5.74) is 1.19. The average Bonchev–Trinajstić information content (AvgIpc) is 2.98. The van der Waals surface area contributed by atoms with Gasteiger partial charge in [-0.05, 0) is 49.2 Å². The van der Waals surface area contributed by atoms with Crippen molar-refractivity contribution in [1.82, 2.24) is 5.32 Å². The molecule has 1 atom stereocenters. The van der Waals surface area contributed by atoms with Crippen molar-refractivity contribution in [2.24, 2.45) is 0 Å². The second-order valence-corrected chi connectivity index (χ2v) is 6.55. The zero-order chi connectivity index (χ0) is 15.2. The normalized spacial score (nSPS) is 12.4. The summed E-state index contributed by atoms with van der Waals surface area (Å²) in [5, 5.41) is 4.27. The number of ether oxygens (including phenoxy) is 1. The lowest BCUT2D eigenvalue weighted by Gasteiger charge is -2.19. The molecule has 0 radical (unpaired) electrons. The van der Waals surface area contributed by atoms with Crippen LogP contribution >= 0.6 is 22.9 Å². The largest absolute Gasteiger partial charge is 0.495 e. The van der Waals surface area contributed by atoms with Crippen molar-refractivity contribution in [3.8, 4) is 5.75 Å². The molecule has 0 saturated heterocycles. The van der Waals surface area contributed by atoms with E-state index in [0.717, 1.165) is 25.1 Å². The molecule has 2 rings (SSSR count). The number of hydrogen-bond acceptors (Lipinski definition) is 3. The van der Waals surface area contributed by atoms with E-state index >= 15 is 0 Å². The third-order valence-electron chi connectivity index (χ3n) is 3.42. The molecule has 0 spiro atoms. The Labute approximate surface area is 136 Å². The van der Waals surface area contributed by atoms with Crippen LogP contribution < -0.4 is 10.1 Å². The minimum atomic E-state index is 0.196. The van der Waals surface area contributed by atoms with E-state index in [1.165, 1.54) is 15.3 Å². The van der Waals surface area contributed by atoms with Crippen molar-refractivity contribution in [3.63, 3.8) is 0 Å². The summed E-state index contributed by atoms with van der Waals surface area (Å²) >= 11 is 8.00. The Morgan fingerprint density at radius 1 is 1.24 bits per heavy atom. The Hall–Kier alpha value is -1.03. The van der Waals surface area contributed by atoms with Gasteiger partial charge in [0.25, 0.3) is 0 Å². The number of hydrogen-bond donors (Lipinski definition) is 1. The predicted octanol–water partition coefficient (Wildman–Crippen LogP) is 5.06.